The Bertz CT molecular complexity index is 1170. The average molecular weight is 418 g/mol. The van der Waals surface area contributed by atoms with Gasteiger partial charge in [-0.05, 0) is 36.2 Å². The summed E-state index contributed by atoms with van der Waals surface area (Å²) in [6.45, 7) is 2.05. The smallest absolute Gasteiger partial charge is 0.252 e. The van der Waals surface area contributed by atoms with Crippen LogP contribution in [-0.2, 0) is 0 Å². The Balaban J connectivity index is 1.63. The van der Waals surface area contributed by atoms with E-state index in [1.807, 2.05) is 72.3 Å². The van der Waals surface area contributed by atoms with Crippen molar-refractivity contribution in [2.75, 3.05) is 5.73 Å². The molecule has 0 aliphatic rings. The minimum absolute atomic E-state index is 0.0899. The third-order valence-electron chi connectivity index (χ3n) is 5.16. The summed E-state index contributed by atoms with van der Waals surface area (Å²) in [5, 5.41) is 3.92. The fraction of sp³-hybridized carbons (Fsp3) is 0.174. The molecule has 0 spiro atoms. The van der Waals surface area contributed by atoms with E-state index in [2.05, 4.69) is 15.3 Å². The lowest BCUT2D eigenvalue weighted by Crippen LogP contribution is -2.37. The highest BCUT2D eigenvalue weighted by Crippen LogP contribution is 2.27. The number of thiol groups is 1. The van der Waals surface area contributed by atoms with Crippen molar-refractivity contribution in [3.8, 4) is 5.82 Å². The Morgan fingerprint density at radius 2 is 1.93 bits per heavy atom. The number of amides is 1. The van der Waals surface area contributed by atoms with Gasteiger partial charge in [0.15, 0.2) is 0 Å². The average Bonchev–Trinajstić information content (AvgIpc) is 3.21. The second-order valence-corrected chi connectivity index (χ2v) is 7.60. The number of hydrogen-bond donors (Lipinski definition) is 3. The minimum Gasteiger partial charge on any atom is -0.368 e. The maximum atomic E-state index is 13.2. The lowest BCUT2D eigenvalue weighted by Gasteiger charge is -2.24. The number of nitrogens with two attached hydrogens (primary N) is 1. The van der Waals surface area contributed by atoms with Gasteiger partial charge in [0.25, 0.3) is 5.91 Å². The molecule has 0 aliphatic carbocycles. The number of rotatable bonds is 6. The van der Waals surface area contributed by atoms with Gasteiger partial charge in [0.05, 0.1) is 5.52 Å². The molecule has 0 fully saturated rings. The molecule has 2 heterocycles. The second kappa shape index (κ2) is 8.59. The molecular formula is C23H23N5OS. The number of carbonyl (C=O) groups excluding carboxylic acids is 1. The van der Waals surface area contributed by atoms with Crippen LogP contribution in [0, 0.1) is 0 Å². The van der Waals surface area contributed by atoms with E-state index in [4.69, 9.17) is 18.4 Å². The van der Waals surface area contributed by atoms with Gasteiger partial charge in [-0.25, -0.2) is 4.98 Å². The first-order chi connectivity index (χ1) is 14.6. The van der Waals surface area contributed by atoms with Gasteiger partial charge in [-0.1, -0.05) is 43.3 Å². The quantitative estimate of drug-likeness (QED) is 0.411. The van der Waals surface area contributed by atoms with E-state index in [0.29, 0.717) is 11.4 Å². The molecule has 2 aromatic carbocycles. The van der Waals surface area contributed by atoms with Gasteiger partial charge in [-0.15, -0.1) is 0 Å². The number of aromatic nitrogens is 3. The summed E-state index contributed by atoms with van der Waals surface area (Å²) in [7, 11) is 0. The van der Waals surface area contributed by atoms with Crippen LogP contribution in [0.4, 0.5) is 5.95 Å². The van der Waals surface area contributed by atoms with Gasteiger partial charge >= 0.3 is 0 Å². The number of hydrogen-bond acceptors (Lipinski definition) is 5. The van der Waals surface area contributed by atoms with E-state index in [1.165, 1.54) is 0 Å². The van der Waals surface area contributed by atoms with Crippen molar-refractivity contribution in [3.05, 3.63) is 84.2 Å². The topological polar surface area (TPSA) is 85.8 Å². The van der Waals surface area contributed by atoms with Gasteiger partial charge in [0, 0.05) is 34.6 Å². The van der Waals surface area contributed by atoms with Gasteiger partial charge in [-0.3, -0.25) is 4.79 Å². The van der Waals surface area contributed by atoms with Crippen LogP contribution in [0.15, 0.2) is 73.1 Å². The summed E-state index contributed by atoms with van der Waals surface area (Å²) in [5.41, 5.74) is 8.29. The van der Waals surface area contributed by atoms with Gasteiger partial charge in [0.1, 0.15) is 5.82 Å². The van der Waals surface area contributed by atoms with E-state index in [1.54, 1.807) is 12.3 Å². The zero-order valence-corrected chi connectivity index (χ0v) is 17.5. The Morgan fingerprint density at radius 3 is 2.67 bits per heavy atom. The lowest BCUT2D eigenvalue weighted by atomic mass is 10.0. The molecule has 152 valence electrons. The first-order valence-corrected chi connectivity index (χ1v) is 10.3. The zero-order chi connectivity index (χ0) is 21.1. The highest BCUT2D eigenvalue weighted by molar-refractivity contribution is 7.80. The molecule has 4 rings (SSSR count). The van der Waals surface area contributed by atoms with Crippen LogP contribution in [0.25, 0.3) is 16.7 Å². The standard InChI is InChI=1S/C23H23N5OS/c1-2-18(21(30)15-7-4-3-5-8-15)26-22(29)17-9-6-10-19-16(17)12-14-28(19)20-11-13-25-23(24)27-20/h3-14,18,21,30H,2H2,1H3,(H,26,29)(H2,24,25,27). The highest BCUT2D eigenvalue weighted by atomic mass is 32.1. The molecular weight excluding hydrogens is 394 g/mol. The molecule has 3 N–H and O–H groups in total. The van der Waals surface area contributed by atoms with Crippen molar-refractivity contribution in [2.24, 2.45) is 0 Å². The summed E-state index contributed by atoms with van der Waals surface area (Å²) < 4.78 is 1.90. The van der Waals surface area contributed by atoms with Crippen molar-refractivity contribution in [1.82, 2.24) is 19.9 Å². The van der Waals surface area contributed by atoms with E-state index < -0.39 is 0 Å². The molecule has 4 aromatic rings. The number of carbonyl (C=O) groups is 1. The maximum absolute atomic E-state index is 13.2. The Kier molecular flexibility index (Phi) is 5.72. The van der Waals surface area contributed by atoms with Crippen LogP contribution >= 0.6 is 12.6 Å². The predicted molar refractivity (Wildman–Crippen MR) is 123 cm³/mol. The number of nitrogen functional groups attached to an aromatic ring is 1. The van der Waals surface area contributed by atoms with Crippen LogP contribution in [-0.4, -0.2) is 26.5 Å². The summed E-state index contributed by atoms with van der Waals surface area (Å²) >= 11 is 4.77. The van der Waals surface area contributed by atoms with E-state index in [9.17, 15) is 4.79 Å². The SMILES string of the molecule is CCC(NC(=O)c1cccc2c1ccn2-c1ccnc(N)n1)C(S)c1ccccc1. The van der Waals surface area contributed by atoms with Crippen molar-refractivity contribution < 1.29 is 4.79 Å². The zero-order valence-electron chi connectivity index (χ0n) is 16.6. The molecule has 0 bridgehead atoms. The molecule has 2 unspecified atom stereocenters. The van der Waals surface area contributed by atoms with Gasteiger partial charge in [0.2, 0.25) is 5.95 Å². The van der Waals surface area contributed by atoms with Crippen LogP contribution in [0.5, 0.6) is 0 Å². The summed E-state index contributed by atoms with van der Waals surface area (Å²) in [4.78, 5) is 21.4. The first kappa shape index (κ1) is 20.0. The van der Waals surface area contributed by atoms with Gasteiger partial charge < -0.3 is 15.6 Å². The van der Waals surface area contributed by atoms with Crippen LogP contribution in [0.3, 0.4) is 0 Å². The summed E-state index contributed by atoms with van der Waals surface area (Å²) in [6.07, 6.45) is 4.26. The van der Waals surface area contributed by atoms with Crippen LogP contribution in [0.1, 0.15) is 34.5 Å². The molecule has 2 aromatic heterocycles. The normalized spacial score (nSPS) is 13.1. The number of nitrogens with one attached hydrogen (secondary N) is 1. The molecule has 1 amide bonds. The number of anilines is 1. The predicted octanol–water partition coefficient (Wildman–Crippen LogP) is 4.18. The minimum atomic E-state index is -0.123. The molecule has 0 aliphatic heterocycles. The molecule has 7 heteroatoms. The van der Waals surface area contributed by atoms with E-state index in [0.717, 1.165) is 22.9 Å². The Labute approximate surface area is 180 Å². The Morgan fingerprint density at radius 1 is 1.13 bits per heavy atom. The Hall–Kier alpha value is -3.32. The van der Waals surface area contributed by atoms with E-state index in [-0.39, 0.29) is 23.1 Å². The second-order valence-electron chi connectivity index (χ2n) is 7.04. The number of fused-ring (bicyclic) bond motifs is 1. The molecule has 0 saturated heterocycles. The third-order valence-corrected chi connectivity index (χ3v) is 5.82. The molecule has 30 heavy (non-hydrogen) atoms. The van der Waals surface area contributed by atoms with Crippen LogP contribution < -0.4 is 11.1 Å². The van der Waals surface area contributed by atoms with Crippen LogP contribution in [0.2, 0.25) is 0 Å². The largest absolute Gasteiger partial charge is 0.368 e. The van der Waals surface area contributed by atoms with Gasteiger partial charge in [-0.2, -0.15) is 17.6 Å². The monoisotopic (exact) mass is 417 g/mol. The fourth-order valence-electron chi connectivity index (χ4n) is 3.60. The maximum Gasteiger partial charge on any atom is 0.252 e. The highest BCUT2D eigenvalue weighted by Gasteiger charge is 2.22. The van der Waals surface area contributed by atoms with E-state index >= 15 is 0 Å². The molecule has 0 saturated carbocycles. The number of nitrogens with zero attached hydrogens (tertiary/aromatic N) is 3. The summed E-state index contributed by atoms with van der Waals surface area (Å²) in [6, 6.07) is 19.2. The molecule has 6 nitrogen and oxygen atoms in total. The fourth-order valence-corrected chi connectivity index (χ4v) is 4.05. The summed E-state index contributed by atoms with van der Waals surface area (Å²) in [5.74, 6) is 0.734. The van der Waals surface area contributed by atoms with Crippen molar-refractivity contribution >= 4 is 35.4 Å². The molecule has 2 atom stereocenters. The first-order valence-electron chi connectivity index (χ1n) is 9.81. The third kappa shape index (κ3) is 3.89. The van der Waals surface area contributed by atoms with Crippen molar-refractivity contribution in [1.29, 1.82) is 0 Å². The number of benzene rings is 2. The molecule has 0 radical (unpaired) electrons. The van der Waals surface area contributed by atoms with Crippen molar-refractivity contribution in [2.45, 2.75) is 24.6 Å². The lowest BCUT2D eigenvalue weighted by molar-refractivity contribution is 0.0937. The van der Waals surface area contributed by atoms with Crippen molar-refractivity contribution in [3.63, 3.8) is 0 Å².